The Morgan fingerprint density at radius 1 is 1.24 bits per heavy atom. The number of aromatic nitrogens is 5. The molecule has 0 saturated carbocycles. The minimum absolute atomic E-state index is 0.135. The van der Waals surface area contributed by atoms with Crippen LogP contribution in [0.1, 0.15) is 27.3 Å². The van der Waals surface area contributed by atoms with E-state index < -0.39 is 6.17 Å². The van der Waals surface area contributed by atoms with Gasteiger partial charge in [0.25, 0.3) is 5.91 Å². The van der Waals surface area contributed by atoms with Crippen molar-refractivity contribution >= 4 is 11.7 Å². The van der Waals surface area contributed by atoms with Gasteiger partial charge in [0.05, 0.1) is 25.0 Å². The van der Waals surface area contributed by atoms with Gasteiger partial charge in [-0.2, -0.15) is 5.10 Å². The molecule has 0 radical (unpaired) electrons. The number of likely N-dealkylation sites (tertiary alicyclic amines) is 1. The number of hydrogen-bond acceptors (Lipinski definition) is 6. The Morgan fingerprint density at radius 3 is 2.83 bits per heavy atom. The normalized spacial score (nSPS) is 16.5. The van der Waals surface area contributed by atoms with Gasteiger partial charge >= 0.3 is 0 Å². The van der Waals surface area contributed by atoms with Crippen molar-refractivity contribution in [2.45, 2.75) is 26.1 Å². The number of nitrogens with zero attached hydrogens (tertiary/aromatic N) is 7. The predicted molar refractivity (Wildman–Crippen MR) is 104 cm³/mol. The number of carbonyl (C=O) groups is 1. The summed E-state index contributed by atoms with van der Waals surface area (Å²) in [5.74, 6) is 0.488. The second-order valence-electron chi connectivity index (χ2n) is 7.47. The Bertz CT molecular complexity index is 1060. The third-order valence-corrected chi connectivity index (χ3v) is 5.40. The van der Waals surface area contributed by atoms with Gasteiger partial charge < -0.3 is 9.80 Å². The van der Waals surface area contributed by atoms with Gasteiger partial charge in [-0.15, -0.1) is 10.2 Å². The van der Waals surface area contributed by atoms with E-state index in [0.29, 0.717) is 6.54 Å². The zero-order valence-electron chi connectivity index (χ0n) is 16.0. The minimum atomic E-state index is -0.930. The molecule has 3 aromatic heterocycles. The number of amides is 1. The Hall–Kier alpha value is -3.36. The van der Waals surface area contributed by atoms with Crippen molar-refractivity contribution < 1.29 is 9.18 Å². The maximum Gasteiger partial charge on any atom is 0.274 e. The van der Waals surface area contributed by atoms with Gasteiger partial charge in [-0.3, -0.25) is 9.78 Å². The Balaban J connectivity index is 1.37. The maximum absolute atomic E-state index is 13.0. The number of alkyl halides is 1. The standard InChI is InChI=1S/C20H20FN7O/c1-13-7-18(20(29)27-11-15(21)12-27)24-25-19(13)26-6-3-17-14(10-26)8-16(9-22-17)28-5-2-4-23-28/h2,4-5,7-9,15H,3,6,10-12H2,1H3. The highest BCUT2D eigenvalue weighted by atomic mass is 19.1. The zero-order chi connectivity index (χ0) is 20.0. The first-order chi connectivity index (χ1) is 14.1. The lowest BCUT2D eigenvalue weighted by Gasteiger charge is -2.34. The molecule has 3 aromatic rings. The Morgan fingerprint density at radius 2 is 2.10 bits per heavy atom. The Labute approximate surface area is 167 Å². The van der Waals surface area contributed by atoms with Crippen LogP contribution in [0.2, 0.25) is 0 Å². The van der Waals surface area contributed by atoms with Gasteiger partial charge in [0.2, 0.25) is 0 Å². The van der Waals surface area contributed by atoms with Crippen molar-refractivity contribution in [2.24, 2.45) is 0 Å². The highest BCUT2D eigenvalue weighted by Crippen LogP contribution is 2.26. The van der Waals surface area contributed by atoms with Crippen molar-refractivity contribution in [1.82, 2.24) is 29.9 Å². The highest BCUT2D eigenvalue weighted by Gasteiger charge is 2.32. The molecule has 1 saturated heterocycles. The molecule has 1 amide bonds. The first-order valence-corrected chi connectivity index (χ1v) is 9.59. The van der Waals surface area contributed by atoms with Crippen molar-refractivity contribution in [2.75, 3.05) is 24.5 Å². The van der Waals surface area contributed by atoms with Crippen LogP contribution in [-0.2, 0) is 13.0 Å². The SMILES string of the molecule is Cc1cc(C(=O)N2CC(F)C2)nnc1N1CCc2ncc(-n3cccn3)cc2C1. The van der Waals surface area contributed by atoms with Crippen molar-refractivity contribution in [3.63, 3.8) is 0 Å². The summed E-state index contributed by atoms with van der Waals surface area (Å²) in [4.78, 5) is 20.6. The monoisotopic (exact) mass is 393 g/mol. The molecular weight excluding hydrogens is 373 g/mol. The fraction of sp³-hybridized carbons (Fsp3) is 0.350. The maximum atomic E-state index is 13.0. The summed E-state index contributed by atoms with van der Waals surface area (Å²) in [6.45, 7) is 3.63. The van der Waals surface area contributed by atoms with Gasteiger partial charge in [0.1, 0.15) is 6.17 Å². The molecule has 0 N–H and O–H groups in total. The molecule has 2 aliphatic rings. The van der Waals surface area contributed by atoms with Crippen LogP contribution in [0.25, 0.3) is 5.69 Å². The minimum Gasteiger partial charge on any atom is -0.350 e. The van der Waals surface area contributed by atoms with E-state index in [9.17, 15) is 9.18 Å². The first-order valence-electron chi connectivity index (χ1n) is 9.59. The van der Waals surface area contributed by atoms with Gasteiger partial charge in [-0.05, 0) is 36.2 Å². The lowest BCUT2D eigenvalue weighted by atomic mass is 10.0. The molecule has 0 aromatic carbocycles. The van der Waals surface area contributed by atoms with E-state index in [4.69, 9.17) is 0 Å². The van der Waals surface area contributed by atoms with Gasteiger partial charge in [-0.1, -0.05) is 0 Å². The molecule has 5 rings (SSSR count). The molecule has 9 heteroatoms. The van der Waals surface area contributed by atoms with Gasteiger partial charge in [0.15, 0.2) is 11.5 Å². The van der Waals surface area contributed by atoms with Crippen LogP contribution in [0.3, 0.4) is 0 Å². The molecule has 0 bridgehead atoms. The van der Waals surface area contributed by atoms with Crippen molar-refractivity contribution in [1.29, 1.82) is 0 Å². The largest absolute Gasteiger partial charge is 0.350 e. The number of fused-ring (bicyclic) bond motifs is 1. The molecule has 148 valence electrons. The van der Waals surface area contributed by atoms with Crippen LogP contribution in [0.4, 0.5) is 10.2 Å². The fourth-order valence-electron chi connectivity index (χ4n) is 3.79. The molecule has 0 atom stereocenters. The van der Waals surface area contributed by atoms with Crippen molar-refractivity contribution in [3.05, 3.63) is 59.3 Å². The van der Waals surface area contributed by atoms with Gasteiger partial charge in [-0.25, -0.2) is 9.07 Å². The second kappa shape index (κ2) is 6.91. The number of pyridine rings is 1. The van der Waals surface area contributed by atoms with E-state index in [0.717, 1.165) is 41.3 Å². The summed E-state index contributed by atoms with van der Waals surface area (Å²) in [5.41, 5.74) is 4.26. The van der Waals surface area contributed by atoms with Crippen LogP contribution >= 0.6 is 0 Å². The lowest BCUT2D eigenvalue weighted by Crippen LogP contribution is -2.51. The first kappa shape index (κ1) is 17.7. The molecule has 1 fully saturated rings. The van der Waals surface area contributed by atoms with Crippen LogP contribution in [0.5, 0.6) is 0 Å². The summed E-state index contributed by atoms with van der Waals surface area (Å²) >= 11 is 0. The smallest absolute Gasteiger partial charge is 0.274 e. The number of hydrogen-bond donors (Lipinski definition) is 0. The second-order valence-corrected chi connectivity index (χ2v) is 7.47. The summed E-state index contributed by atoms with van der Waals surface area (Å²) < 4.78 is 14.8. The van der Waals surface area contributed by atoms with Gasteiger partial charge in [0, 0.05) is 37.6 Å². The third-order valence-electron chi connectivity index (χ3n) is 5.40. The number of anilines is 1. The molecule has 29 heavy (non-hydrogen) atoms. The third kappa shape index (κ3) is 3.22. The molecule has 8 nitrogen and oxygen atoms in total. The molecule has 2 aliphatic heterocycles. The Kier molecular flexibility index (Phi) is 4.22. The molecule has 5 heterocycles. The van der Waals surface area contributed by atoms with E-state index in [2.05, 4.69) is 31.2 Å². The van der Waals surface area contributed by atoms with E-state index in [1.54, 1.807) is 16.9 Å². The van der Waals surface area contributed by atoms with E-state index in [-0.39, 0.29) is 24.7 Å². The predicted octanol–water partition coefficient (Wildman–Crippen LogP) is 1.72. The van der Waals surface area contributed by atoms with E-state index in [1.165, 1.54) is 4.90 Å². The van der Waals surface area contributed by atoms with Crippen LogP contribution in [-0.4, -0.2) is 61.6 Å². The molecule has 0 spiro atoms. The highest BCUT2D eigenvalue weighted by molar-refractivity contribution is 5.93. The lowest BCUT2D eigenvalue weighted by molar-refractivity contribution is 0.0393. The quantitative estimate of drug-likeness (QED) is 0.674. The van der Waals surface area contributed by atoms with Crippen LogP contribution in [0.15, 0.2) is 36.8 Å². The van der Waals surface area contributed by atoms with E-state index >= 15 is 0 Å². The van der Waals surface area contributed by atoms with Crippen molar-refractivity contribution in [3.8, 4) is 5.69 Å². The summed E-state index contributed by atoms with van der Waals surface area (Å²) in [7, 11) is 0. The fourth-order valence-corrected chi connectivity index (χ4v) is 3.79. The topological polar surface area (TPSA) is 80.0 Å². The summed E-state index contributed by atoms with van der Waals surface area (Å²) in [6.07, 6.45) is 5.34. The number of carbonyl (C=O) groups excluding carboxylic acids is 1. The number of rotatable bonds is 3. The summed E-state index contributed by atoms with van der Waals surface area (Å²) in [5, 5.41) is 12.7. The average molecular weight is 393 g/mol. The average Bonchev–Trinajstić information content (AvgIpc) is 3.25. The molecule has 0 aliphatic carbocycles. The summed E-state index contributed by atoms with van der Waals surface area (Å²) in [6, 6.07) is 5.71. The van der Waals surface area contributed by atoms with E-state index in [1.807, 2.05) is 25.4 Å². The van der Waals surface area contributed by atoms with Crippen LogP contribution < -0.4 is 4.90 Å². The number of halogens is 1. The number of aryl methyl sites for hydroxylation is 1. The van der Waals surface area contributed by atoms with Crippen LogP contribution in [0, 0.1) is 6.92 Å². The zero-order valence-corrected chi connectivity index (χ0v) is 16.0. The molecule has 0 unspecified atom stereocenters. The molecular formula is C20H20FN7O.